The second kappa shape index (κ2) is 5.86. The largest absolute Gasteiger partial charge is 0.363 e. The third-order valence-corrected chi connectivity index (χ3v) is 3.04. The van der Waals surface area contributed by atoms with Gasteiger partial charge in [0.05, 0.1) is 6.04 Å². The molecule has 0 amide bonds. The average Bonchev–Trinajstić information content (AvgIpc) is 2.41. The average molecular weight is 278 g/mol. The minimum absolute atomic E-state index is 0.0814. The number of benzene rings is 1. The van der Waals surface area contributed by atoms with Crippen LogP contribution in [0, 0.1) is 6.92 Å². The third kappa shape index (κ3) is 3.33. The summed E-state index contributed by atoms with van der Waals surface area (Å²) in [6, 6.07) is 7.80. The summed E-state index contributed by atoms with van der Waals surface area (Å²) in [4.78, 5) is 8.33. The zero-order valence-electron chi connectivity index (χ0n) is 10.8. The van der Waals surface area contributed by atoms with Crippen molar-refractivity contribution >= 4 is 23.4 Å². The van der Waals surface area contributed by atoms with Gasteiger partial charge in [0.2, 0.25) is 5.95 Å². The Labute approximate surface area is 117 Å². The van der Waals surface area contributed by atoms with Crippen LogP contribution >= 0.6 is 11.6 Å². The van der Waals surface area contributed by atoms with Crippen molar-refractivity contribution < 1.29 is 0 Å². The van der Waals surface area contributed by atoms with Crippen molar-refractivity contribution in [1.82, 2.24) is 9.97 Å². The summed E-state index contributed by atoms with van der Waals surface area (Å²) in [6.45, 7) is 3.98. The molecule has 1 heterocycles. The topological polar surface area (TPSA) is 75.9 Å². The molecule has 0 aliphatic carbocycles. The number of nitrogens with two attached hydrogens (primary N) is 1. The number of nitrogen functional groups attached to an aromatic ring is 1. The predicted octanol–water partition coefficient (Wildman–Crippen LogP) is 2.90. The van der Waals surface area contributed by atoms with Gasteiger partial charge in [-0.25, -0.2) is 10.8 Å². The van der Waals surface area contributed by atoms with Crippen LogP contribution in [-0.4, -0.2) is 9.97 Å². The summed E-state index contributed by atoms with van der Waals surface area (Å²) in [5, 5.41) is 4.04. The van der Waals surface area contributed by atoms with Gasteiger partial charge in [-0.05, 0) is 31.5 Å². The van der Waals surface area contributed by atoms with Crippen LogP contribution in [0.2, 0.25) is 5.02 Å². The Morgan fingerprint density at radius 3 is 2.84 bits per heavy atom. The molecular formula is C13H16ClN5. The van der Waals surface area contributed by atoms with E-state index in [2.05, 4.69) is 20.7 Å². The number of hydrogen-bond donors (Lipinski definition) is 3. The fraction of sp³-hybridized carbons (Fsp3) is 0.231. The van der Waals surface area contributed by atoms with Crippen LogP contribution in [0.15, 0.2) is 30.5 Å². The van der Waals surface area contributed by atoms with Crippen molar-refractivity contribution in [2.24, 2.45) is 5.84 Å². The van der Waals surface area contributed by atoms with Gasteiger partial charge in [-0.3, -0.25) is 5.43 Å². The third-order valence-electron chi connectivity index (χ3n) is 2.80. The Bertz CT molecular complexity index is 573. The van der Waals surface area contributed by atoms with E-state index in [-0.39, 0.29) is 6.04 Å². The lowest BCUT2D eigenvalue weighted by Crippen LogP contribution is -2.14. The van der Waals surface area contributed by atoms with Crippen molar-refractivity contribution in [3.05, 3.63) is 46.6 Å². The Morgan fingerprint density at radius 1 is 1.37 bits per heavy atom. The second-order valence-corrected chi connectivity index (χ2v) is 4.73. The number of rotatable bonds is 4. The van der Waals surface area contributed by atoms with Gasteiger partial charge in [-0.1, -0.05) is 23.7 Å². The first-order chi connectivity index (χ1) is 9.10. The molecule has 0 aliphatic heterocycles. The molecule has 2 rings (SSSR count). The molecule has 1 atom stereocenters. The highest BCUT2D eigenvalue weighted by Crippen LogP contribution is 2.22. The first-order valence-corrected chi connectivity index (χ1v) is 6.30. The van der Waals surface area contributed by atoms with Gasteiger partial charge in [-0.2, -0.15) is 4.98 Å². The molecule has 0 saturated heterocycles. The minimum Gasteiger partial charge on any atom is -0.363 e. The van der Waals surface area contributed by atoms with Crippen LogP contribution in [0.3, 0.4) is 0 Å². The standard InChI is InChI=1S/C13H16ClN5/c1-8-7-16-13(19-15)18-12(8)17-9(2)10-4-3-5-11(14)6-10/h3-7,9H,15H2,1-2H3,(H2,16,17,18,19). The van der Waals surface area contributed by atoms with Crippen molar-refractivity contribution in [2.45, 2.75) is 19.9 Å². The fourth-order valence-corrected chi connectivity index (χ4v) is 1.92. The molecule has 4 N–H and O–H groups in total. The number of nitrogens with one attached hydrogen (secondary N) is 2. The van der Waals surface area contributed by atoms with Gasteiger partial charge in [0.25, 0.3) is 0 Å². The molecular weight excluding hydrogens is 262 g/mol. The van der Waals surface area contributed by atoms with E-state index in [4.69, 9.17) is 17.4 Å². The Hall–Kier alpha value is -1.85. The highest BCUT2D eigenvalue weighted by Gasteiger charge is 2.09. The van der Waals surface area contributed by atoms with Crippen LogP contribution in [0.5, 0.6) is 0 Å². The van der Waals surface area contributed by atoms with Crippen LogP contribution < -0.4 is 16.6 Å². The number of aromatic nitrogens is 2. The van der Waals surface area contributed by atoms with E-state index in [1.807, 2.05) is 38.1 Å². The van der Waals surface area contributed by atoms with Gasteiger partial charge in [0.1, 0.15) is 5.82 Å². The number of hydrogen-bond acceptors (Lipinski definition) is 5. The van der Waals surface area contributed by atoms with Crippen molar-refractivity contribution in [1.29, 1.82) is 0 Å². The van der Waals surface area contributed by atoms with Gasteiger partial charge in [-0.15, -0.1) is 0 Å². The van der Waals surface area contributed by atoms with Gasteiger partial charge < -0.3 is 5.32 Å². The second-order valence-electron chi connectivity index (χ2n) is 4.29. The van der Waals surface area contributed by atoms with Gasteiger partial charge in [0.15, 0.2) is 0 Å². The molecule has 19 heavy (non-hydrogen) atoms. The Kier molecular flexibility index (Phi) is 4.19. The maximum absolute atomic E-state index is 5.99. The molecule has 2 aromatic rings. The molecule has 0 fully saturated rings. The first-order valence-electron chi connectivity index (χ1n) is 5.92. The Morgan fingerprint density at radius 2 is 2.16 bits per heavy atom. The predicted molar refractivity (Wildman–Crippen MR) is 78.1 cm³/mol. The summed E-state index contributed by atoms with van der Waals surface area (Å²) in [6.07, 6.45) is 1.72. The zero-order chi connectivity index (χ0) is 13.8. The van der Waals surface area contributed by atoms with Crippen LogP contribution in [0.25, 0.3) is 0 Å². The molecule has 0 radical (unpaired) electrons. The monoisotopic (exact) mass is 277 g/mol. The highest BCUT2D eigenvalue weighted by atomic mass is 35.5. The maximum atomic E-state index is 5.99. The number of nitrogens with zero attached hydrogens (tertiary/aromatic N) is 2. The molecule has 5 nitrogen and oxygen atoms in total. The van der Waals surface area contributed by atoms with E-state index in [0.29, 0.717) is 5.95 Å². The number of aryl methyl sites for hydroxylation is 1. The fourth-order valence-electron chi connectivity index (χ4n) is 1.72. The Balaban J connectivity index is 2.21. The van der Waals surface area contributed by atoms with E-state index in [9.17, 15) is 0 Å². The normalized spacial score (nSPS) is 12.0. The van der Waals surface area contributed by atoms with Crippen molar-refractivity contribution in [3.8, 4) is 0 Å². The maximum Gasteiger partial charge on any atom is 0.239 e. The molecule has 0 bridgehead atoms. The molecule has 0 saturated carbocycles. The van der Waals surface area contributed by atoms with E-state index < -0.39 is 0 Å². The summed E-state index contributed by atoms with van der Waals surface area (Å²) in [7, 11) is 0. The number of halogens is 1. The molecule has 1 unspecified atom stereocenters. The van der Waals surface area contributed by atoms with Gasteiger partial charge >= 0.3 is 0 Å². The summed E-state index contributed by atoms with van der Waals surface area (Å²) < 4.78 is 0. The molecule has 0 aliphatic rings. The highest BCUT2D eigenvalue weighted by molar-refractivity contribution is 6.30. The number of anilines is 2. The van der Waals surface area contributed by atoms with Crippen LogP contribution in [0.1, 0.15) is 24.1 Å². The smallest absolute Gasteiger partial charge is 0.239 e. The zero-order valence-corrected chi connectivity index (χ0v) is 11.6. The lowest BCUT2D eigenvalue weighted by molar-refractivity contribution is 0.868. The van der Waals surface area contributed by atoms with Crippen molar-refractivity contribution in [3.63, 3.8) is 0 Å². The van der Waals surface area contributed by atoms with Crippen LogP contribution in [-0.2, 0) is 0 Å². The van der Waals surface area contributed by atoms with E-state index >= 15 is 0 Å². The molecule has 0 spiro atoms. The number of hydrazine groups is 1. The summed E-state index contributed by atoms with van der Waals surface area (Å²) >= 11 is 5.99. The lowest BCUT2D eigenvalue weighted by Gasteiger charge is -2.17. The molecule has 100 valence electrons. The van der Waals surface area contributed by atoms with E-state index in [0.717, 1.165) is 22.0 Å². The molecule has 6 heteroatoms. The molecule has 1 aromatic carbocycles. The van der Waals surface area contributed by atoms with Gasteiger partial charge in [0, 0.05) is 16.8 Å². The molecule has 1 aromatic heterocycles. The quantitative estimate of drug-likeness (QED) is 0.592. The summed E-state index contributed by atoms with van der Waals surface area (Å²) in [5.74, 6) is 6.44. The van der Waals surface area contributed by atoms with E-state index in [1.165, 1.54) is 0 Å². The summed E-state index contributed by atoms with van der Waals surface area (Å²) in [5.41, 5.74) is 4.48. The van der Waals surface area contributed by atoms with E-state index in [1.54, 1.807) is 6.20 Å². The SMILES string of the molecule is Cc1cnc(NN)nc1NC(C)c1cccc(Cl)c1. The lowest BCUT2D eigenvalue weighted by atomic mass is 10.1. The van der Waals surface area contributed by atoms with Crippen LogP contribution in [0.4, 0.5) is 11.8 Å². The minimum atomic E-state index is 0.0814. The van der Waals surface area contributed by atoms with Crippen molar-refractivity contribution in [2.75, 3.05) is 10.7 Å². The first kappa shape index (κ1) is 13.6.